The second-order valence-corrected chi connectivity index (χ2v) is 7.99. The van der Waals surface area contributed by atoms with Gasteiger partial charge in [-0.3, -0.25) is 4.79 Å². The van der Waals surface area contributed by atoms with E-state index in [2.05, 4.69) is 0 Å². The molecule has 1 aliphatic carbocycles. The molecule has 0 radical (unpaired) electrons. The Kier molecular flexibility index (Phi) is 4.91. The zero-order valence-electron chi connectivity index (χ0n) is 17.3. The number of fused-ring (bicyclic) bond motifs is 3. The molecule has 0 atom stereocenters. The van der Waals surface area contributed by atoms with E-state index in [0.29, 0.717) is 16.9 Å². The van der Waals surface area contributed by atoms with Gasteiger partial charge in [0.25, 0.3) is 0 Å². The van der Waals surface area contributed by atoms with Gasteiger partial charge in [-0.2, -0.15) is 0 Å². The van der Waals surface area contributed by atoms with Crippen LogP contribution in [0, 0.1) is 6.92 Å². The van der Waals surface area contributed by atoms with Crippen molar-refractivity contribution in [2.24, 2.45) is 0 Å². The zero-order valence-corrected chi connectivity index (χ0v) is 17.3. The van der Waals surface area contributed by atoms with Crippen molar-refractivity contribution in [2.75, 3.05) is 6.61 Å². The van der Waals surface area contributed by atoms with Crippen LogP contribution in [0.2, 0.25) is 0 Å². The number of benzene rings is 3. The quantitative estimate of drug-likeness (QED) is 0.321. The van der Waals surface area contributed by atoms with Crippen molar-refractivity contribution in [3.63, 3.8) is 0 Å². The molecule has 0 fully saturated rings. The van der Waals surface area contributed by atoms with E-state index < -0.39 is 0 Å². The third-order valence-corrected chi connectivity index (χ3v) is 5.85. The number of hydrogen-bond acceptors (Lipinski definition) is 4. The summed E-state index contributed by atoms with van der Waals surface area (Å²) in [5, 5.41) is 0.824. The van der Waals surface area contributed by atoms with Gasteiger partial charge >= 0.3 is 5.63 Å². The summed E-state index contributed by atoms with van der Waals surface area (Å²) in [5.41, 5.74) is 5.71. The van der Waals surface area contributed by atoms with Crippen LogP contribution < -0.4 is 10.4 Å². The van der Waals surface area contributed by atoms with Crippen LogP contribution in [0.25, 0.3) is 22.1 Å². The monoisotopic (exact) mass is 410 g/mol. The van der Waals surface area contributed by atoms with Crippen molar-refractivity contribution in [1.82, 2.24) is 0 Å². The Bertz CT molecular complexity index is 1330. The Hall–Kier alpha value is -3.66. The Labute approximate surface area is 180 Å². The third kappa shape index (κ3) is 3.66. The van der Waals surface area contributed by atoms with E-state index >= 15 is 0 Å². The fraction of sp³-hybridized carbons (Fsp3) is 0.185. The molecule has 0 amide bonds. The highest BCUT2D eigenvalue weighted by atomic mass is 16.5. The van der Waals surface area contributed by atoms with Crippen molar-refractivity contribution >= 4 is 16.8 Å². The molecule has 4 aromatic rings. The minimum atomic E-state index is -0.258. The van der Waals surface area contributed by atoms with Crippen molar-refractivity contribution in [1.29, 1.82) is 0 Å². The van der Waals surface area contributed by atoms with Gasteiger partial charge in [0, 0.05) is 11.1 Å². The summed E-state index contributed by atoms with van der Waals surface area (Å²) in [5.74, 6) is 0.509. The first-order valence-corrected chi connectivity index (χ1v) is 10.5. The summed E-state index contributed by atoms with van der Waals surface area (Å²) in [7, 11) is 0. The van der Waals surface area contributed by atoms with E-state index in [1.165, 1.54) is 0 Å². The molecule has 154 valence electrons. The van der Waals surface area contributed by atoms with Crippen molar-refractivity contribution in [3.05, 3.63) is 99.4 Å². The average Bonchev–Trinajstić information content (AvgIpc) is 3.28. The van der Waals surface area contributed by atoms with Crippen LogP contribution in [0.3, 0.4) is 0 Å². The minimum absolute atomic E-state index is 0.0723. The van der Waals surface area contributed by atoms with Crippen LogP contribution in [-0.4, -0.2) is 12.4 Å². The number of carbonyl (C=O) groups is 1. The minimum Gasteiger partial charge on any atom is -0.485 e. The van der Waals surface area contributed by atoms with E-state index in [4.69, 9.17) is 9.15 Å². The third-order valence-electron chi connectivity index (χ3n) is 5.85. The molecule has 0 aliphatic heterocycles. The number of ether oxygens (including phenoxy) is 1. The molecular weight excluding hydrogens is 388 g/mol. The number of hydrogen-bond donors (Lipinski definition) is 0. The summed E-state index contributed by atoms with van der Waals surface area (Å²) in [4.78, 5) is 25.0. The molecule has 0 N–H and O–H groups in total. The summed E-state index contributed by atoms with van der Waals surface area (Å²) in [6, 6.07) is 21.4. The van der Waals surface area contributed by atoms with E-state index in [0.717, 1.165) is 52.5 Å². The largest absolute Gasteiger partial charge is 0.485 e. The number of Topliss-reactive ketones (excluding diaryl/α,β-unsaturated/α-hetero) is 1. The summed E-state index contributed by atoms with van der Waals surface area (Å²) >= 11 is 0. The van der Waals surface area contributed by atoms with Crippen LogP contribution >= 0.6 is 0 Å². The molecule has 1 aromatic heterocycles. The first kappa shape index (κ1) is 19.3. The lowest BCUT2D eigenvalue weighted by molar-refractivity contribution is 0.0922. The van der Waals surface area contributed by atoms with Gasteiger partial charge in [-0.25, -0.2) is 4.79 Å². The maximum Gasteiger partial charge on any atom is 0.339 e. The first-order valence-electron chi connectivity index (χ1n) is 10.5. The van der Waals surface area contributed by atoms with Gasteiger partial charge in [-0.15, -0.1) is 0 Å². The van der Waals surface area contributed by atoms with E-state index in [1.54, 1.807) is 0 Å². The number of rotatable bonds is 5. The van der Waals surface area contributed by atoms with E-state index in [9.17, 15) is 9.59 Å². The molecular formula is C27H22O4. The second kappa shape index (κ2) is 7.88. The lowest BCUT2D eigenvalue weighted by atomic mass is 10.0. The molecule has 1 aliphatic rings. The fourth-order valence-corrected chi connectivity index (χ4v) is 4.32. The van der Waals surface area contributed by atoms with Crippen molar-refractivity contribution in [2.45, 2.75) is 26.2 Å². The lowest BCUT2D eigenvalue weighted by Crippen LogP contribution is -2.13. The van der Waals surface area contributed by atoms with Gasteiger partial charge in [0.05, 0.1) is 5.39 Å². The molecule has 3 aromatic carbocycles. The Balaban J connectivity index is 1.40. The highest BCUT2D eigenvalue weighted by molar-refractivity contribution is 5.98. The molecule has 31 heavy (non-hydrogen) atoms. The molecule has 0 saturated carbocycles. The number of aryl methyl sites for hydroxylation is 2. The van der Waals surface area contributed by atoms with Crippen LogP contribution in [0.15, 0.2) is 75.9 Å². The Morgan fingerprint density at radius 1 is 0.935 bits per heavy atom. The topological polar surface area (TPSA) is 56.5 Å². The van der Waals surface area contributed by atoms with E-state index in [-0.39, 0.29) is 18.0 Å². The first-order chi connectivity index (χ1) is 15.1. The SMILES string of the molecule is Cc1cc(OCC(=O)c2ccc(-c3ccccc3)cc2)c2c3c(c(=O)oc2c1)CCC3. The highest BCUT2D eigenvalue weighted by Crippen LogP contribution is 2.35. The van der Waals surface area contributed by atoms with Gasteiger partial charge in [0.15, 0.2) is 12.4 Å². The van der Waals surface area contributed by atoms with Crippen LogP contribution in [0.1, 0.15) is 33.5 Å². The predicted octanol–water partition coefficient (Wildman–Crippen LogP) is 5.52. The van der Waals surface area contributed by atoms with Gasteiger partial charge in [0.1, 0.15) is 11.3 Å². The number of ketones is 1. The molecule has 0 bridgehead atoms. The molecule has 0 unspecified atom stereocenters. The molecule has 4 heteroatoms. The molecule has 5 rings (SSSR count). The highest BCUT2D eigenvalue weighted by Gasteiger charge is 2.22. The summed E-state index contributed by atoms with van der Waals surface area (Å²) in [6.45, 7) is 1.85. The number of carbonyl (C=O) groups excluding carboxylic acids is 1. The van der Waals surface area contributed by atoms with Gasteiger partial charge < -0.3 is 9.15 Å². The van der Waals surface area contributed by atoms with E-state index in [1.807, 2.05) is 73.7 Å². The maximum atomic E-state index is 12.8. The fourth-order valence-electron chi connectivity index (χ4n) is 4.32. The average molecular weight is 410 g/mol. The van der Waals surface area contributed by atoms with Crippen molar-refractivity contribution in [3.8, 4) is 16.9 Å². The Morgan fingerprint density at radius 3 is 2.42 bits per heavy atom. The molecule has 0 spiro atoms. The standard InChI is InChI=1S/C27H22O4/c1-17-14-24(26-21-8-5-9-22(21)27(29)31-25(26)15-17)30-16-23(28)20-12-10-19(11-13-20)18-6-3-2-4-7-18/h2-4,6-7,10-15H,5,8-9,16H2,1H3. The van der Waals surface area contributed by atoms with Crippen LogP contribution in [0.4, 0.5) is 0 Å². The van der Waals surface area contributed by atoms with Gasteiger partial charge in [-0.1, -0.05) is 54.6 Å². The summed E-state index contributed by atoms with van der Waals surface area (Å²) < 4.78 is 11.5. The molecule has 0 saturated heterocycles. The second-order valence-electron chi connectivity index (χ2n) is 7.99. The van der Waals surface area contributed by atoms with Crippen molar-refractivity contribution < 1.29 is 13.9 Å². The molecule has 4 nitrogen and oxygen atoms in total. The Morgan fingerprint density at radius 2 is 1.65 bits per heavy atom. The van der Waals surface area contributed by atoms with Gasteiger partial charge in [0.2, 0.25) is 0 Å². The predicted molar refractivity (Wildman–Crippen MR) is 121 cm³/mol. The smallest absolute Gasteiger partial charge is 0.339 e. The van der Waals surface area contributed by atoms with Gasteiger partial charge in [-0.05, 0) is 60.6 Å². The normalized spacial score (nSPS) is 12.7. The zero-order chi connectivity index (χ0) is 21.4. The van der Waals surface area contributed by atoms with Crippen LogP contribution in [-0.2, 0) is 12.8 Å². The van der Waals surface area contributed by atoms with Crippen LogP contribution in [0.5, 0.6) is 5.75 Å². The molecule has 1 heterocycles. The lowest BCUT2D eigenvalue weighted by Gasteiger charge is -2.13. The maximum absolute atomic E-state index is 12.8. The summed E-state index contributed by atoms with van der Waals surface area (Å²) in [6.07, 6.45) is 2.48.